The van der Waals surface area contributed by atoms with E-state index in [0.29, 0.717) is 29.4 Å². The van der Waals surface area contributed by atoms with Gasteiger partial charge >= 0.3 is 0 Å². The van der Waals surface area contributed by atoms with Gasteiger partial charge in [-0.25, -0.2) is 0 Å². The number of hydrogen-bond acceptors (Lipinski definition) is 5. The molecule has 5 nitrogen and oxygen atoms in total. The Bertz CT molecular complexity index is 835. The Labute approximate surface area is 163 Å². The lowest BCUT2D eigenvalue weighted by molar-refractivity contribution is -0.122. The van der Waals surface area contributed by atoms with Crippen molar-refractivity contribution in [1.82, 2.24) is 4.90 Å². The summed E-state index contributed by atoms with van der Waals surface area (Å²) in [5.74, 6) is 3.20. The number of nitrogens with zero attached hydrogens (tertiary/aromatic N) is 1. The third-order valence-electron chi connectivity index (χ3n) is 3.60. The summed E-state index contributed by atoms with van der Waals surface area (Å²) in [6.07, 6.45) is 10.8. The average molecular weight is 383 g/mol. The first-order valence-corrected chi connectivity index (χ1v) is 9.20. The van der Waals surface area contributed by atoms with Crippen molar-refractivity contribution in [1.29, 1.82) is 0 Å². The van der Waals surface area contributed by atoms with Crippen LogP contribution in [0.3, 0.4) is 0 Å². The molecule has 1 heterocycles. The fraction of sp³-hybridized carbons (Fsp3) is 0.238. The molecule has 0 N–H and O–H groups in total. The van der Waals surface area contributed by atoms with Gasteiger partial charge in [-0.1, -0.05) is 18.1 Å². The van der Waals surface area contributed by atoms with Crippen LogP contribution in [-0.2, 0) is 11.2 Å². The standard InChI is InChI=1S/C21H21NO4S/c1-5-9-16-12-15(13-17(25-8-4)19(16)26-11-7-3)14-18-20(23)22(10-6-2)21(24)27-18/h3,5-6,12-14H,1-2,8-11H2,4H3/b18-14-. The van der Waals surface area contributed by atoms with Crippen molar-refractivity contribution < 1.29 is 19.1 Å². The Balaban J connectivity index is 2.46. The highest BCUT2D eigenvalue weighted by atomic mass is 32.2. The molecule has 0 radical (unpaired) electrons. The van der Waals surface area contributed by atoms with Gasteiger partial charge in [-0.15, -0.1) is 19.6 Å². The SMILES string of the molecule is C#CCOc1c(CC=C)cc(/C=C2\SC(=O)N(CC=C)C2=O)cc1OCC. The minimum atomic E-state index is -0.333. The molecule has 140 valence electrons. The molecule has 1 aliphatic heterocycles. The van der Waals surface area contributed by atoms with E-state index < -0.39 is 0 Å². The van der Waals surface area contributed by atoms with Gasteiger partial charge in [0.25, 0.3) is 11.1 Å². The Morgan fingerprint density at radius 1 is 1.26 bits per heavy atom. The quantitative estimate of drug-likeness (QED) is 0.366. The lowest BCUT2D eigenvalue weighted by Gasteiger charge is -2.15. The predicted molar refractivity (Wildman–Crippen MR) is 109 cm³/mol. The van der Waals surface area contributed by atoms with Crippen LogP contribution < -0.4 is 9.47 Å². The summed E-state index contributed by atoms with van der Waals surface area (Å²) in [7, 11) is 0. The number of imide groups is 1. The van der Waals surface area contributed by atoms with Crippen molar-refractivity contribution in [3.63, 3.8) is 0 Å². The molecule has 1 aromatic carbocycles. The van der Waals surface area contributed by atoms with Crippen molar-refractivity contribution in [2.75, 3.05) is 19.8 Å². The fourth-order valence-electron chi connectivity index (χ4n) is 2.55. The molecule has 0 saturated carbocycles. The van der Waals surface area contributed by atoms with Gasteiger partial charge in [0.2, 0.25) is 0 Å². The first kappa shape index (κ1) is 20.4. The normalized spacial score (nSPS) is 15.0. The van der Waals surface area contributed by atoms with Gasteiger partial charge in [0.05, 0.1) is 11.5 Å². The monoisotopic (exact) mass is 383 g/mol. The maximum Gasteiger partial charge on any atom is 0.293 e. The number of ether oxygens (including phenoxy) is 2. The number of allylic oxidation sites excluding steroid dienone is 1. The second-order valence-electron chi connectivity index (χ2n) is 5.51. The predicted octanol–water partition coefficient (Wildman–Crippen LogP) is 4.05. The number of carbonyl (C=O) groups is 2. The van der Waals surface area contributed by atoms with E-state index in [-0.39, 0.29) is 24.3 Å². The van der Waals surface area contributed by atoms with Crippen molar-refractivity contribution in [2.24, 2.45) is 0 Å². The smallest absolute Gasteiger partial charge is 0.293 e. The number of carbonyl (C=O) groups excluding carboxylic acids is 2. The second-order valence-corrected chi connectivity index (χ2v) is 6.50. The molecular weight excluding hydrogens is 362 g/mol. The molecular formula is C21H21NO4S. The van der Waals surface area contributed by atoms with Crippen LogP contribution in [0.2, 0.25) is 0 Å². The summed E-state index contributed by atoms with van der Waals surface area (Å²) < 4.78 is 11.4. The molecule has 2 amide bonds. The molecule has 0 bridgehead atoms. The Hall–Kier alpha value is -2.91. The maximum atomic E-state index is 12.4. The average Bonchev–Trinajstić information content (AvgIpc) is 2.89. The number of rotatable bonds is 9. The zero-order valence-corrected chi connectivity index (χ0v) is 16.0. The lowest BCUT2D eigenvalue weighted by atomic mass is 10.0. The molecule has 2 rings (SSSR count). The van der Waals surface area contributed by atoms with Crippen LogP contribution in [0.5, 0.6) is 11.5 Å². The first-order chi connectivity index (χ1) is 13.0. The van der Waals surface area contributed by atoms with E-state index >= 15 is 0 Å². The molecule has 1 aromatic rings. The van der Waals surface area contributed by atoms with Crippen molar-refractivity contribution in [2.45, 2.75) is 13.3 Å². The van der Waals surface area contributed by atoms with Gasteiger partial charge in [0, 0.05) is 12.1 Å². The van der Waals surface area contributed by atoms with E-state index in [4.69, 9.17) is 15.9 Å². The van der Waals surface area contributed by atoms with Crippen molar-refractivity contribution >= 4 is 29.0 Å². The zero-order valence-electron chi connectivity index (χ0n) is 15.2. The van der Waals surface area contributed by atoms with E-state index in [9.17, 15) is 9.59 Å². The van der Waals surface area contributed by atoms with Gasteiger partial charge in [0.15, 0.2) is 11.5 Å². The molecule has 0 unspecified atom stereocenters. The van der Waals surface area contributed by atoms with Crippen LogP contribution in [-0.4, -0.2) is 35.8 Å². The second kappa shape index (κ2) is 9.70. The van der Waals surface area contributed by atoms with Gasteiger partial charge < -0.3 is 9.47 Å². The molecule has 6 heteroatoms. The Morgan fingerprint density at radius 3 is 2.67 bits per heavy atom. The molecule has 1 fully saturated rings. The molecule has 0 atom stereocenters. The van der Waals surface area contributed by atoms with E-state index in [1.807, 2.05) is 13.0 Å². The van der Waals surface area contributed by atoms with E-state index in [2.05, 4.69) is 19.1 Å². The number of hydrogen-bond donors (Lipinski definition) is 0. The van der Waals surface area contributed by atoms with Gasteiger partial charge in [-0.2, -0.15) is 0 Å². The molecule has 27 heavy (non-hydrogen) atoms. The fourth-order valence-corrected chi connectivity index (χ4v) is 3.40. The van der Waals surface area contributed by atoms with Gasteiger partial charge in [-0.3, -0.25) is 14.5 Å². The van der Waals surface area contributed by atoms with Gasteiger partial charge in [-0.05, 0) is 48.9 Å². The molecule has 0 aliphatic carbocycles. The largest absolute Gasteiger partial charge is 0.490 e. The Morgan fingerprint density at radius 2 is 2.04 bits per heavy atom. The number of terminal acetylenes is 1. The maximum absolute atomic E-state index is 12.4. The van der Waals surface area contributed by atoms with E-state index in [1.165, 1.54) is 6.08 Å². The van der Waals surface area contributed by atoms with Crippen molar-refractivity contribution in [3.8, 4) is 23.8 Å². The van der Waals surface area contributed by atoms with E-state index in [0.717, 1.165) is 27.8 Å². The van der Waals surface area contributed by atoms with Crippen LogP contribution >= 0.6 is 11.8 Å². The highest BCUT2D eigenvalue weighted by molar-refractivity contribution is 8.18. The third-order valence-corrected chi connectivity index (χ3v) is 4.51. The van der Waals surface area contributed by atoms with Crippen molar-refractivity contribution in [3.05, 3.63) is 53.5 Å². The summed E-state index contributed by atoms with van der Waals surface area (Å²) in [4.78, 5) is 25.9. The van der Waals surface area contributed by atoms with Crippen LogP contribution in [0.15, 0.2) is 42.3 Å². The minimum Gasteiger partial charge on any atom is -0.490 e. The van der Waals surface area contributed by atoms with Crippen LogP contribution in [0.1, 0.15) is 18.1 Å². The van der Waals surface area contributed by atoms with Gasteiger partial charge in [0.1, 0.15) is 6.61 Å². The third kappa shape index (κ3) is 4.83. The number of benzene rings is 1. The number of thioether (sulfide) groups is 1. The zero-order chi connectivity index (χ0) is 19.8. The summed E-state index contributed by atoms with van der Waals surface area (Å²) in [6.45, 7) is 9.95. The van der Waals surface area contributed by atoms with Crippen LogP contribution in [0.4, 0.5) is 4.79 Å². The molecule has 0 spiro atoms. The molecule has 1 saturated heterocycles. The topological polar surface area (TPSA) is 55.8 Å². The Kier molecular flexibility index (Phi) is 7.33. The van der Waals surface area contributed by atoms with E-state index in [1.54, 1.807) is 18.2 Å². The molecule has 0 aromatic heterocycles. The minimum absolute atomic E-state index is 0.115. The van der Waals surface area contributed by atoms with Crippen LogP contribution in [0, 0.1) is 12.3 Å². The highest BCUT2D eigenvalue weighted by Gasteiger charge is 2.34. The summed E-state index contributed by atoms with van der Waals surface area (Å²) >= 11 is 0.905. The summed E-state index contributed by atoms with van der Waals surface area (Å²) in [6, 6.07) is 3.64. The molecule has 1 aliphatic rings. The first-order valence-electron chi connectivity index (χ1n) is 8.38. The lowest BCUT2D eigenvalue weighted by Crippen LogP contribution is -2.27. The van der Waals surface area contributed by atoms with Crippen LogP contribution in [0.25, 0.3) is 6.08 Å². The summed E-state index contributed by atoms with van der Waals surface area (Å²) in [5, 5.41) is -0.309. The highest BCUT2D eigenvalue weighted by Crippen LogP contribution is 2.37. The summed E-state index contributed by atoms with van der Waals surface area (Å²) in [5.41, 5.74) is 1.57. The number of amides is 2.